The van der Waals surface area contributed by atoms with Crippen molar-refractivity contribution in [1.82, 2.24) is 4.98 Å². The first-order valence-electron chi connectivity index (χ1n) is 7.31. The maximum absolute atomic E-state index is 5.87. The van der Waals surface area contributed by atoms with Crippen LogP contribution in [0.2, 0.25) is 0 Å². The molecular formula is C18H17BrN2OS. The summed E-state index contributed by atoms with van der Waals surface area (Å²) in [6.07, 6.45) is 0. The highest BCUT2D eigenvalue weighted by molar-refractivity contribution is 9.10. The van der Waals surface area contributed by atoms with Crippen LogP contribution in [-0.2, 0) is 6.61 Å². The summed E-state index contributed by atoms with van der Waals surface area (Å²) in [5.74, 6) is 0.820. The van der Waals surface area contributed by atoms with Gasteiger partial charge in [-0.2, -0.15) is 0 Å². The topological polar surface area (TPSA) is 48.1 Å². The van der Waals surface area contributed by atoms with Crippen LogP contribution < -0.4 is 10.5 Å². The second-order valence-corrected chi connectivity index (χ2v) is 7.02. The summed E-state index contributed by atoms with van der Waals surface area (Å²) in [5, 5.41) is 2.98. The van der Waals surface area contributed by atoms with E-state index < -0.39 is 0 Å². The first-order valence-corrected chi connectivity index (χ1v) is 8.98. The van der Waals surface area contributed by atoms with Crippen LogP contribution in [0.3, 0.4) is 0 Å². The maximum Gasteiger partial charge on any atom is 0.134 e. The molecule has 0 radical (unpaired) electrons. The van der Waals surface area contributed by atoms with Crippen molar-refractivity contribution < 1.29 is 4.74 Å². The predicted molar refractivity (Wildman–Crippen MR) is 98.6 cm³/mol. The second kappa shape index (κ2) is 7.25. The van der Waals surface area contributed by atoms with Gasteiger partial charge in [0.05, 0.1) is 16.2 Å². The Labute approximate surface area is 148 Å². The lowest BCUT2D eigenvalue weighted by Gasteiger charge is -2.09. The van der Waals surface area contributed by atoms with E-state index in [9.17, 15) is 0 Å². The van der Waals surface area contributed by atoms with Gasteiger partial charge in [-0.05, 0) is 46.6 Å². The van der Waals surface area contributed by atoms with Crippen LogP contribution in [0.5, 0.6) is 5.75 Å². The van der Waals surface area contributed by atoms with Gasteiger partial charge in [0.25, 0.3) is 0 Å². The molecule has 0 saturated carbocycles. The minimum atomic E-state index is -0.0364. The minimum absolute atomic E-state index is 0.0364. The quantitative estimate of drug-likeness (QED) is 0.655. The zero-order valence-electron chi connectivity index (χ0n) is 12.7. The fraction of sp³-hybridized carbons (Fsp3) is 0.167. The molecule has 0 amide bonds. The molecule has 3 rings (SSSR count). The third-order valence-electron chi connectivity index (χ3n) is 3.38. The van der Waals surface area contributed by atoms with Crippen molar-refractivity contribution in [3.63, 3.8) is 0 Å². The van der Waals surface area contributed by atoms with Crippen molar-refractivity contribution in [1.29, 1.82) is 0 Å². The Hall–Kier alpha value is -1.69. The third-order valence-corrected chi connectivity index (χ3v) is 5.04. The Morgan fingerprint density at radius 3 is 2.65 bits per heavy atom. The van der Waals surface area contributed by atoms with E-state index in [1.54, 1.807) is 11.3 Å². The lowest BCUT2D eigenvalue weighted by Crippen LogP contribution is -2.03. The fourth-order valence-electron chi connectivity index (χ4n) is 2.14. The molecule has 0 aliphatic carbocycles. The molecule has 1 atom stereocenters. The number of aromatic nitrogens is 1. The van der Waals surface area contributed by atoms with Gasteiger partial charge in [-0.1, -0.05) is 30.3 Å². The molecule has 0 aliphatic heterocycles. The van der Waals surface area contributed by atoms with Gasteiger partial charge in [0.15, 0.2) is 0 Å². The van der Waals surface area contributed by atoms with Crippen LogP contribution in [0.15, 0.2) is 58.4 Å². The number of benzene rings is 2. The average molecular weight is 389 g/mol. The molecule has 2 aromatic carbocycles. The van der Waals surface area contributed by atoms with Gasteiger partial charge >= 0.3 is 0 Å². The first-order chi connectivity index (χ1) is 11.1. The number of halogens is 1. The maximum atomic E-state index is 5.87. The van der Waals surface area contributed by atoms with E-state index >= 15 is 0 Å². The zero-order valence-corrected chi connectivity index (χ0v) is 15.1. The van der Waals surface area contributed by atoms with Crippen molar-refractivity contribution >= 4 is 27.3 Å². The molecule has 0 bridgehead atoms. The van der Waals surface area contributed by atoms with Crippen molar-refractivity contribution in [2.75, 3.05) is 0 Å². The lowest BCUT2D eigenvalue weighted by molar-refractivity contribution is 0.304. The molecule has 0 aliphatic rings. The van der Waals surface area contributed by atoms with Crippen LogP contribution in [0.1, 0.15) is 23.5 Å². The molecule has 0 saturated heterocycles. The van der Waals surface area contributed by atoms with Crippen molar-refractivity contribution in [2.45, 2.75) is 19.6 Å². The van der Waals surface area contributed by atoms with E-state index in [1.165, 1.54) is 0 Å². The molecule has 5 heteroatoms. The highest BCUT2D eigenvalue weighted by Gasteiger charge is 2.10. The highest BCUT2D eigenvalue weighted by atomic mass is 79.9. The summed E-state index contributed by atoms with van der Waals surface area (Å²) in [7, 11) is 0. The molecule has 23 heavy (non-hydrogen) atoms. The summed E-state index contributed by atoms with van der Waals surface area (Å²) in [4.78, 5) is 4.58. The van der Waals surface area contributed by atoms with Gasteiger partial charge in [-0.15, -0.1) is 11.3 Å². The Bertz CT molecular complexity index is 787. The van der Waals surface area contributed by atoms with Gasteiger partial charge in [0.2, 0.25) is 0 Å². The number of hydrogen-bond donors (Lipinski definition) is 1. The molecule has 1 heterocycles. The molecule has 3 nitrogen and oxygen atoms in total. The first kappa shape index (κ1) is 16.2. The average Bonchev–Trinajstić information content (AvgIpc) is 3.05. The van der Waals surface area contributed by atoms with E-state index in [-0.39, 0.29) is 6.04 Å². The lowest BCUT2D eigenvalue weighted by atomic mass is 10.1. The molecule has 118 valence electrons. The number of rotatable bonds is 5. The Kier molecular flexibility index (Phi) is 5.10. The van der Waals surface area contributed by atoms with Crippen LogP contribution >= 0.6 is 27.3 Å². The monoisotopic (exact) mass is 388 g/mol. The fourth-order valence-corrected chi connectivity index (χ4v) is 3.42. The number of hydrogen-bond acceptors (Lipinski definition) is 4. The summed E-state index contributed by atoms with van der Waals surface area (Å²) >= 11 is 5.17. The molecule has 1 unspecified atom stereocenters. The molecule has 3 aromatic rings. The van der Waals surface area contributed by atoms with E-state index in [2.05, 4.69) is 20.9 Å². The third kappa shape index (κ3) is 3.99. The van der Waals surface area contributed by atoms with E-state index in [1.807, 2.05) is 60.8 Å². The summed E-state index contributed by atoms with van der Waals surface area (Å²) in [6.45, 7) is 2.49. The van der Waals surface area contributed by atoms with E-state index in [0.29, 0.717) is 6.61 Å². The Morgan fingerprint density at radius 1 is 1.22 bits per heavy atom. The molecule has 0 fully saturated rings. The predicted octanol–water partition coefficient (Wildman–Crippen LogP) is 5.17. The molecular weight excluding hydrogens is 372 g/mol. The van der Waals surface area contributed by atoms with Crippen LogP contribution in [-0.4, -0.2) is 4.98 Å². The smallest absolute Gasteiger partial charge is 0.134 e. The van der Waals surface area contributed by atoms with Gasteiger partial charge in [-0.25, -0.2) is 4.98 Å². The van der Waals surface area contributed by atoms with Gasteiger partial charge in [-0.3, -0.25) is 0 Å². The minimum Gasteiger partial charge on any atom is -0.488 e. The van der Waals surface area contributed by atoms with Crippen LogP contribution in [0.4, 0.5) is 0 Å². The van der Waals surface area contributed by atoms with E-state index in [4.69, 9.17) is 10.5 Å². The largest absolute Gasteiger partial charge is 0.488 e. The Balaban J connectivity index is 1.75. The molecule has 2 N–H and O–H groups in total. The molecule has 0 spiro atoms. The summed E-state index contributed by atoms with van der Waals surface area (Å²) in [6, 6.07) is 16.1. The number of thiazole rings is 1. The van der Waals surface area contributed by atoms with Crippen LogP contribution in [0, 0.1) is 0 Å². The number of ether oxygens (including phenoxy) is 1. The summed E-state index contributed by atoms with van der Waals surface area (Å²) < 4.78 is 6.79. The van der Waals surface area contributed by atoms with Crippen LogP contribution in [0.25, 0.3) is 11.3 Å². The van der Waals surface area contributed by atoms with Gasteiger partial charge < -0.3 is 10.5 Å². The van der Waals surface area contributed by atoms with Gasteiger partial charge in [0.1, 0.15) is 17.4 Å². The number of nitrogens with zero attached hydrogens (tertiary/aromatic N) is 1. The SMILES string of the molecule is CC(N)c1nc(-c2ccc(OCc3ccccc3)c(Br)c2)cs1. The second-order valence-electron chi connectivity index (χ2n) is 5.28. The normalized spacial score (nSPS) is 12.1. The summed E-state index contributed by atoms with van der Waals surface area (Å²) in [5.41, 5.74) is 9.01. The van der Waals surface area contributed by atoms with Crippen molar-refractivity contribution in [2.24, 2.45) is 5.73 Å². The standard InChI is InChI=1S/C18H17BrN2OS/c1-12(20)18-21-16(11-23-18)14-7-8-17(15(19)9-14)22-10-13-5-3-2-4-6-13/h2-9,11-12H,10,20H2,1H3. The van der Waals surface area contributed by atoms with Crippen molar-refractivity contribution in [3.05, 3.63) is 69.0 Å². The van der Waals surface area contributed by atoms with Crippen molar-refractivity contribution in [3.8, 4) is 17.0 Å². The zero-order chi connectivity index (χ0) is 16.2. The highest BCUT2D eigenvalue weighted by Crippen LogP contribution is 2.32. The van der Waals surface area contributed by atoms with Gasteiger partial charge in [0, 0.05) is 10.9 Å². The number of nitrogens with two attached hydrogens (primary N) is 1. The Morgan fingerprint density at radius 2 is 2.00 bits per heavy atom. The molecule has 1 aromatic heterocycles. The van der Waals surface area contributed by atoms with E-state index in [0.717, 1.165) is 32.1 Å².